The highest BCUT2D eigenvalue weighted by atomic mass is 127. The predicted octanol–water partition coefficient (Wildman–Crippen LogP) is 7.84. The molecule has 30 heavy (non-hydrogen) atoms. The molecule has 0 aliphatic rings. The van der Waals surface area contributed by atoms with Gasteiger partial charge in [-0.15, -0.1) is 0 Å². The van der Waals surface area contributed by atoms with Crippen LogP contribution in [0.5, 0.6) is 0 Å². The van der Waals surface area contributed by atoms with Crippen LogP contribution in [0.2, 0.25) is 0 Å². The van der Waals surface area contributed by atoms with E-state index in [0.29, 0.717) is 11.1 Å². The predicted molar refractivity (Wildman–Crippen MR) is 139 cm³/mol. The molecule has 0 aliphatic heterocycles. The van der Waals surface area contributed by atoms with Gasteiger partial charge in [-0.3, -0.25) is 9.59 Å². The zero-order valence-corrected chi connectivity index (χ0v) is 20.1. The zero-order chi connectivity index (χ0) is 21.1. The molecule has 0 saturated heterocycles. The SMILES string of the molecule is O=C(I)c1ccc(-c2ccccc2-c2ccccc2-c2ccccc2)c(C(=O)I)c1. The van der Waals surface area contributed by atoms with E-state index in [1.807, 2.05) is 54.6 Å². The highest BCUT2D eigenvalue weighted by molar-refractivity contribution is 14.1. The average molecular weight is 614 g/mol. The van der Waals surface area contributed by atoms with Crippen molar-refractivity contribution >= 4 is 52.8 Å². The minimum Gasteiger partial charge on any atom is -0.282 e. The summed E-state index contributed by atoms with van der Waals surface area (Å²) in [6, 6.07) is 32.0. The molecule has 4 rings (SSSR count). The first-order chi connectivity index (χ1) is 14.6. The lowest BCUT2D eigenvalue weighted by atomic mass is 9.88. The van der Waals surface area contributed by atoms with Gasteiger partial charge in [0.05, 0.1) is 0 Å². The maximum Gasteiger partial charge on any atom is 0.223 e. The van der Waals surface area contributed by atoms with Gasteiger partial charge in [0.1, 0.15) is 0 Å². The van der Waals surface area contributed by atoms with E-state index in [9.17, 15) is 9.59 Å². The molecule has 0 amide bonds. The molecular formula is C26H16I2O2. The van der Waals surface area contributed by atoms with Crippen LogP contribution in [0.15, 0.2) is 97.1 Å². The van der Waals surface area contributed by atoms with E-state index in [-0.39, 0.29) is 7.58 Å². The van der Waals surface area contributed by atoms with Crippen LogP contribution in [0.4, 0.5) is 0 Å². The number of hydrogen-bond donors (Lipinski definition) is 0. The Balaban J connectivity index is 1.96. The number of hydrogen-bond acceptors (Lipinski definition) is 2. The molecule has 0 unspecified atom stereocenters. The molecule has 0 N–H and O–H groups in total. The monoisotopic (exact) mass is 614 g/mol. The van der Waals surface area contributed by atoms with Gasteiger partial charge in [-0.05, 0) is 45.5 Å². The van der Waals surface area contributed by atoms with E-state index < -0.39 is 0 Å². The summed E-state index contributed by atoms with van der Waals surface area (Å²) in [5.74, 6) is 0. The highest BCUT2D eigenvalue weighted by Gasteiger charge is 2.18. The van der Waals surface area contributed by atoms with E-state index in [4.69, 9.17) is 0 Å². The third kappa shape index (κ3) is 4.25. The molecule has 0 heterocycles. The Morgan fingerprint density at radius 1 is 0.500 bits per heavy atom. The van der Waals surface area contributed by atoms with E-state index in [2.05, 4.69) is 30.3 Å². The van der Waals surface area contributed by atoms with E-state index in [1.165, 1.54) is 0 Å². The van der Waals surface area contributed by atoms with Crippen molar-refractivity contribution < 1.29 is 9.59 Å². The summed E-state index contributed by atoms with van der Waals surface area (Å²) < 4.78 is -0.172. The number of carbonyl (C=O) groups excluding carboxylic acids is 2. The largest absolute Gasteiger partial charge is 0.282 e. The average Bonchev–Trinajstić information content (AvgIpc) is 2.79. The van der Waals surface area contributed by atoms with Crippen LogP contribution < -0.4 is 0 Å². The van der Waals surface area contributed by atoms with Crippen LogP contribution in [0, 0.1) is 0 Å². The van der Waals surface area contributed by atoms with Gasteiger partial charge in [-0.1, -0.05) is 84.9 Å². The van der Waals surface area contributed by atoms with Crippen molar-refractivity contribution in [1.29, 1.82) is 0 Å². The Bertz CT molecular complexity index is 1250. The first-order valence-electron chi connectivity index (χ1n) is 9.34. The molecule has 4 aromatic rings. The minimum atomic E-state index is -0.0896. The summed E-state index contributed by atoms with van der Waals surface area (Å²) in [4.78, 5) is 24.3. The Hall–Kier alpha value is -2.32. The number of halogens is 2. The Morgan fingerprint density at radius 2 is 1.00 bits per heavy atom. The molecular weight excluding hydrogens is 598 g/mol. The number of benzene rings is 4. The van der Waals surface area contributed by atoms with Gasteiger partial charge in [0.2, 0.25) is 7.58 Å². The van der Waals surface area contributed by atoms with Gasteiger partial charge in [-0.25, -0.2) is 0 Å². The van der Waals surface area contributed by atoms with Crippen molar-refractivity contribution in [3.05, 3.63) is 108 Å². The van der Waals surface area contributed by atoms with Crippen molar-refractivity contribution in [3.63, 3.8) is 0 Å². The second-order valence-corrected chi connectivity index (χ2v) is 8.72. The summed E-state index contributed by atoms with van der Waals surface area (Å²) in [5, 5.41) is 0. The molecule has 0 radical (unpaired) electrons. The molecule has 4 heteroatoms. The normalized spacial score (nSPS) is 10.6. The zero-order valence-electron chi connectivity index (χ0n) is 15.8. The standard InChI is InChI=1S/C26H16I2O2/c27-25(29)18-14-15-23(24(16-18)26(28)30)22-13-7-6-12-21(22)20-11-5-4-10-19(20)17-8-2-1-3-9-17/h1-16H. The molecule has 0 aromatic heterocycles. The smallest absolute Gasteiger partial charge is 0.223 e. The highest BCUT2D eigenvalue weighted by Crippen LogP contribution is 2.39. The van der Waals surface area contributed by atoms with Crippen LogP contribution in [0.3, 0.4) is 0 Å². The fraction of sp³-hybridized carbons (Fsp3) is 0. The molecule has 0 aliphatic carbocycles. The van der Waals surface area contributed by atoms with Crippen molar-refractivity contribution in [3.8, 4) is 33.4 Å². The first-order valence-corrected chi connectivity index (χ1v) is 11.5. The summed E-state index contributed by atoms with van der Waals surface area (Å²) in [7, 11) is 0. The van der Waals surface area contributed by atoms with Crippen molar-refractivity contribution in [2.45, 2.75) is 0 Å². The lowest BCUT2D eigenvalue weighted by Crippen LogP contribution is -1.99. The quantitative estimate of drug-likeness (QED) is 0.170. The molecule has 4 aromatic carbocycles. The molecule has 0 bridgehead atoms. The topological polar surface area (TPSA) is 34.1 Å². The van der Waals surface area contributed by atoms with Crippen LogP contribution in [0.1, 0.15) is 20.7 Å². The molecule has 0 spiro atoms. The maximum absolute atomic E-state index is 12.4. The summed E-state index contributed by atoms with van der Waals surface area (Å²) >= 11 is 3.54. The Morgan fingerprint density at radius 3 is 1.57 bits per heavy atom. The van der Waals surface area contributed by atoms with E-state index in [1.54, 1.807) is 57.3 Å². The minimum absolute atomic E-state index is 0.0826. The second kappa shape index (κ2) is 9.22. The van der Waals surface area contributed by atoms with Crippen molar-refractivity contribution in [2.75, 3.05) is 0 Å². The van der Waals surface area contributed by atoms with Crippen LogP contribution in [-0.4, -0.2) is 7.58 Å². The summed E-state index contributed by atoms with van der Waals surface area (Å²) in [6.45, 7) is 0. The van der Waals surface area contributed by atoms with Gasteiger partial charge in [0.25, 0.3) is 0 Å². The maximum atomic E-state index is 12.4. The van der Waals surface area contributed by atoms with Gasteiger partial charge in [0.15, 0.2) is 0 Å². The number of rotatable bonds is 5. The molecule has 0 saturated carbocycles. The molecule has 0 fully saturated rings. The first kappa shape index (κ1) is 20.9. The van der Waals surface area contributed by atoms with Gasteiger partial charge in [0, 0.05) is 56.3 Å². The van der Waals surface area contributed by atoms with Crippen molar-refractivity contribution in [1.82, 2.24) is 0 Å². The van der Waals surface area contributed by atoms with Gasteiger partial charge >= 0.3 is 0 Å². The fourth-order valence-electron chi connectivity index (χ4n) is 3.60. The second-order valence-electron chi connectivity index (χ2n) is 6.76. The summed E-state index contributed by atoms with van der Waals surface area (Å²) in [6.07, 6.45) is 0. The lowest BCUT2D eigenvalue weighted by molar-refractivity contribution is 0.110. The third-order valence-electron chi connectivity index (χ3n) is 4.98. The van der Waals surface area contributed by atoms with Crippen LogP contribution in [-0.2, 0) is 0 Å². The Labute approximate surface area is 202 Å². The summed E-state index contributed by atoms with van der Waals surface area (Å²) in [5.41, 5.74) is 7.28. The van der Waals surface area contributed by atoms with Gasteiger partial charge < -0.3 is 0 Å². The fourth-order valence-corrected chi connectivity index (χ4v) is 4.39. The number of carbonyl (C=O) groups is 2. The molecule has 146 valence electrons. The molecule has 2 nitrogen and oxygen atoms in total. The van der Waals surface area contributed by atoms with Crippen LogP contribution in [0.25, 0.3) is 33.4 Å². The van der Waals surface area contributed by atoms with Crippen molar-refractivity contribution in [2.24, 2.45) is 0 Å². The van der Waals surface area contributed by atoms with Gasteiger partial charge in [-0.2, -0.15) is 0 Å². The molecule has 0 atom stereocenters. The Kier molecular flexibility index (Phi) is 6.43. The third-order valence-corrected chi connectivity index (χ3v) is 6.18. The van der Waals surface area contributed by atoms with Crippen LogP contribution >= 0.6 is 45.2 Å². The van der Waals surface area contributed by atoms with E-state index >= 15 is 0 Å². The lowest BCUT2D eigenvalue weighted by Gasteiger charge is -2.16. The van der Waals surface area contributed by atoms with E-state index in [0.717, 1.165) is 33.4 Å².